The lowest BCUT2D eigenvalue weighted by atomic mass is 9.77. The number of benzene rings is 2. The van der Waals surface area contributed by atoms with Gasteiger partial charge in [0, 0.05) is 18.1 Å². The summed E-state index contributed by atoms with van der Waals surface area (Å²) in [5.41, 5.74) is 0.0338. The first kappa shape index (κ1) is 23.5. The number of halogens is 1. The molecule has 0 radical (unpaired) electrons. The molecule has 1 aliphatic heterocycles. The van der Waals surface area contributed by atoms with Gasteiger partial charge in [-0.15, -0.1) is 0 Å². The van der Waals surface area contributed by atoms with Gasteiger partial charge < -0.3 is 4.74 Å². The van der Waals surface area contributed by atoms with E-state index in [1.807, 2.05) is 0 Å². The largest absolute Gasteiger partial charge is 0.497 e. The van der Waals surface area contributed by atoms with E-state index in [4.69, 9.17) is 16.3 Å². The lowest BCUT2D eigenvalue weighted by Gasteiger charge is -2.39. The molecule has 2 aliphatic rings. The topological polar surface area (TPSA) is 80.8 Å². The van der Waals surface area contributed by atoms with Gasteiger partial charge in [0.1, 0.15) is 5.75 Å². The zero-order valence-corrected chi connectivity index (χ0v) is 20.4. The molecule has 32 heavy (non-hydrogen) atoms. The highest BCUT2D eigenvalue weighted by Gasteiger charge is 2.44. The third-order valence-electron chi connectivity index (χ3n) is 6.91. The molecule has 9 heteroatoms. The standard InChI is InChI=1S/C23H28ClNO5S2/c1-30-20-4-8-21(9-5-20)31(26,27)17-18-10-11-23(16-18)12-14-25(15-13-23)32(28,29)22-6-2-19(24)3-7-22/h2-9,18H,10-17H2,1H3. The Morgan fingerprint density at radius 2 is 1.53 bits per heavy atom. The third-order valence-corrected chi connectivity index (χ3v) is 11.0. The molecule has 2 aromatic carbocycles. The summed E-state index contributed by atoms with van der Waals surface area (Å²) in [7, 11) is -5.36. The van der Waals surface area contributed by atoms with Gasteiger partial charge in [-0.2, -0.15) is 4.31 Å². The summed E-state index contributed by atoms with van der Waals surface area (Å²) in [6, 6.07) is 12.8. The summed E-state index contributed by atoms with van der Waals surface area (Å²) in [6.45, 7) is 0.922. The second kappa shape index (κ2) is 8.97. The van der Waals surface area contributed by atoms with Gasteiger partial charge in [0.2, 0.25) is 10.0 Å². The van der Waals surface area contributed by atoms with E-state index >= 15 is 0 Å². The van der Waals surface area contributed by atoms with Crippen LogP contribution < -0.4 is 4.74 Å². The van der Waals surface area contributed by atoms with Gasteiger partial charge in [-0.05, 0) is 92.0 Å². The monoisotopic (exact) mass is 497 g/mol. The minimum Gasteiger partial charge on any atom is -0.497 e. The first-order valence-corrected chi connectivity index (χ1v) is 14.2. The molecule has 0 N–H and O–H groups in total. The number of sulfonamides is 1. The van der Waals surface area contributed by atoms with E-state index in [0.717, 1.165) is 32.1 Å². The highest BCUT2D eigenvalue weighted by atomic mass is 35.5. The van der Waals surface area contributed by atoms with Crippen LogP contribution in [-0.2, 0) is 19.9 Å². The fourth-order valence-electron chi connectivity index (χ4n) is 5.07. The first-order chi connectivity index (χ1) is 15.1. The van der Waals surface area contributed by atoms with Gasteiger partial charge >= 0.3 is 0 Å². The molecule has 0 bridgehead atoms. The van der Waals surface area contributed by atoms with Gasteiger partial charge in [-0.25, -0.2) is 16.8 Å². The summed E-state index contributed by atoms with van der Waals surface area (Å²) in [5, 5.41) is 0.503. The molecule has 1 aliphatic carbocycles. The van der Waals surface area contributed by atoms with Crippen molar-refractivity contribution in [1.29, 1.82) is 0 Å². The van der Waals surface area contributed by atoms with Crippen LogP contribution in [0.3, 0.4) is 0 Å². The van der Waals surface area contributed by atoms with E-state index in [0.29, 0.717) is 28.8 Å². The first-order valence-electron chi connectivity index (χ1n) is 10.8. The predicted octanol–water partition coefficient (Wildman–Crippen LogP) is 4.39. The lowest BCUT2D eigenvalue weighted by Crippen LogP contribution is -2.42. The molecule has 1 saturated heterocycles. The van der Waals surface area contributed by atoms with E-state index in [-0.39, 0.29) is 22.0 Å². The van der Waals surface area contributed by atoms with Crippen molar-refractivity contribution < 1.29 is 21.6 Å². The number of ether oxygens (including phenoxy) is 1. The number of nitrogens with zero attached hydrogens (tertiary/aromatic N) is 1. The SMILES string of the molecule is COc1ccc(S(=O)(=O)CC2CCC3(CCN(S(=O)(=O)c4ccc(Cl)cc4)CC3)C2)cc1. The van der Waals surface area contributed by atoms with Crippen LogP contribution in [0.25, 0.3) is 0 Å². The zero-order valence-electron chi connectivity index (χ0n) is 18.0. The van der Waals surface area contributed by atoms with Crippen LogP contribution >= 0.6 is 11.6 Å². The van der Waals surface area contributed by atoms with Gasteiger partial charge in [0.25, 0.3) is 0 Å². The maximum absolute atomic E-state index is 13.0. The average molecular weight is 498 g/mol. The number of sulfone groups is 1. The van der Waals surface area contributed by atoms with Crippen molar-refractivity contribution in [3.05, 3.63) is 53.6 Å². The van der Waals surface area contributed by atoms with Gasteiger partial charge in [0.15, 0.2) is 9.84 Å². The molecule has 4 rings (SSSR count). The minimum absolute atomic E-state index is 0.0338. The predicted molar refractivity (Wildman–Crippen MR) is 124 cm³/mol. The fourth-order valence-corrected chi connectivity index (χ4v) is 8.29. The Balaban J connectivity index is 1.38. The summed E-state index contributed by atoms with van der Waals surface area (Å²) in [6.07, 6.45) is 4.17. The van der Waals surface area contributed by atoms with Crippen LogP contribution in [0, 0.1) is 11.3 Å². The number of rotatable bonds is 6. The van der Waals surface area contributed by atoms with Crippen molar-refractivity contribution in [2.24, 2.45) is 11.3 Å². The highest BCUT2D eigenvalue weighted by Crippen LogP contribution is 2.50. The molecule has 1 atom stereocenters. The van der Waals surface area contributed by atoms with Crippen molar-refractivity contribution in [3.8, 4) is 5.75 Å². The summed E-state index contributed by atoms with van der Waals surface area (Å²) in [4.78, 5) is 0.580. The Morgan fingerprint density at radius 3 is 2.12 bits per heavy atom. The van der Waals surface area contributed by atoms with E-state index in [1.165, 1.54) is 12.1 Å². The normalized spacial score (nSPS) is 21.6. The Hall–Kier alpha value is -1.61. The average Bonchev–Trinajstić information content (AvgIpc) is 3.15. The van der Waals surface area contributed by atoms with Crippen LogP contribution in [0.15, 0.2) is 58.3 Å². The Labute approximate surface area is 195 Å². The van der Waals surface area contributed by atoms with Crippen molar-refractivity contribution in [2.75, 3.05) is 26.0 Å². The van der Waals surface area contributed by atoms with Gasteiger partial charge in [-0.3, -0.25) is 0 Å². The summed E-state index contributed by atoms with van der Waals surface area (Å²) in [5.74, 6) is 0.860. The van der Waals surface area contributed by atoms with Crippen LogP contribution in [0.4, 0.5) is 0 Å². The maximum atomic E-state index is 13.0. The van der Waals surface area contributed by atoms with E-state index in [1.54, 1.807) is 47.8 Å². The molecule has 174 valence electrons. The molecule has 1 unspecified atom stereocenters. The maximum Gasteiger partial charge on any atom is 0.243 e. The number of hydrogen-bond donors (Lipinski definition) is 0. The van der Waals surface area contributed by atoms with Gasteiger partial charge in [-0.1, -0.05) is 11.6 Å². The van der Waals surface area contributed by atoms with Crippen molar-refractivity contribution in [1.82, 2.24) is 4.31 Å². The van der Waals surface area contributed by atoms with Crippen molar-refractivity contribution in [3.63, 3.8) is 0 Å². The molecule has 2 aromatic rings. The van der Waals surface area contributed by atoms with Crippen LogP contribution in [0.5, 0.6) is 5.75 Å². The third kappa shape index (κ3) is 4.83. The molecule has 6 nitrogen and oxygen atoms in total. The van der Waals surface area contributed by atoms with E-state index in [9.17, 15) is 16.8 Å². The Morgan fingerprint density at radius 1 is 0.938 bits per heavy atom. The quantitative estimate of drug-likeness (QED) is 0.591. The number of hydrogen-bond acceptors (Lipinski definition) is 5. The lowest BCUT2D eigenvalue weighted by molar-refractivity contribution is 0.156. The molecular weight excluding hydrogens is 470 g/mol. The summed E-state index contributed by atoms with van der Waals surface area (Å²) < 4.78 is 58.3. The molecular formula is C23H28ClNO5S2. The Bertz CT molecular complexity index is 1150. The zero-order chi connectivity index (χ0) is 23.0. The second-order valence-corrected chi connectivity index (χ2v) is 13.3. The van der Waals surface area contributed by atoms with Crippen molar-refractivity contribution >= 4 is 31.5 Å². The smallest absolute Gasteiger partial charge is 0.243 e. The van der Waals surface area contributed by atoms with E-state index in [2.05, 4.69) is 0 Å². The molecule has 1 saturated carbocycles. The fraction of sp³-hybridized carbons (Fsp3) is 0.478. The van der Waals surface area contributed by atoms with Crippen molar-refractivity contribution in [2.45, 2.75) is 41.9 Å². The minimum atomic E-state index is -3.54. The molecule has 0 aromatic heterocycles. The van der Waals surface area contributed by atoms with Gasteiger partial charge in [0.05, 0.1) is 22.7 Å². The van der Waals surface area contributed by atoms with Crippen LogP contribution in [-0.4, -0.2) is 47.1 Å². The molecule has 1 heterocycles. The Kier molecular flexibility index (Phi) is 6.60. The van der Waals surface area contributed by atoms with Crippen LogP contribution in [0.2, 0.25) is 5.02 Å². The van der Waals surface area contributed by atoms with Crippen LogP contribution in [0.1, 0.15) is 32.1 Å². The summed E-state index contributed by atoms with van der Waals surface area (Å²) >= 11 is 5.88. The number of methoxy groups -OCH3 is 1. The number of piperidine rings is 1. The molecule has 2 fully saturated rings. The highest BCUT2D eigenvalue weighted by molar-refractivity contribution is 7.91. The van der Waals surface area contributed by atoms with E-state index < -0.39 is 19.9 Å². The molecule has 0 amide bonds. The second-order valence-electron chi connectivity index (χ2n) is 8.92. The molecule has 1 spiro atoms.